The highest BCUT2D eigenvalue weighted by atomic mass is 32.1. The van der Waals surface area contributed by atoms with Crippen LogP contribution in [0, 0.1) is 0 Å². The quantitative estimate of drug-likeness (QED) is 0.265. The van der Waals surface area contributed by atoms with Gasteiger partial charge in [0.25, 0.3) is 5.56 Å². The topological polar surface area (TPSA) is 95.1 Å². The molecule has 10 heteroatoms. The van der Waals surface area contributed by atoms with Gasteiger partial charge >= 0.3 is 5.97 Å². The largest absolute Gasteiger partial charge is 0.497 e. The average molecular weight is 613 g/mol. The number of nitrogens with zero attached hydrogens (tertiary/aromatic N) is 4. The molecule has 0 N–H and O–H groups in total. The first-order valence-electron chi connectivity index (χ1n) is 15.1. The highest BCUT2D eigenvalue weighted by molar-refractivity contribution is 7.07. The van der Waals surface area contributed by atoms with Gasteiger partial charge in [0.1, 0.15) is 12.3 Å². The van der Waals surface area contributed by atoms with Crippen LogP contribution in [-0.4, -0.2) is 52.7 Å². The Labute approximate surface area is 259 Å². The Morgan fingerprint density at radius 3 is 2.64 bits per heavy atom. The number of para-hydroxylation sites is 1. The fourth-order valence-electron chi connectivity index (χ4n) is 6.12. The van der Waals surface area contributed by atoms with Crippen molar-refractivity contribution in [2.75, 3.05) is 26.8 Å². The zero-order valence-electron chi connectivity index (χ0n) is 25.2. The first-order chi connectivity index (χ1) is 21.4. The van der Waals surface area contributed by atoms with Gasteiger partial charge in [-0.25, -0.2) is 9.79 Å². The van der Waals surface area contributed by atoms with E-state index in [0.29, 0.717) is 32.8 Å². The maximum Gasteiger partial charge on any atom is 0.338 e. The van der Waals surface area contributed by atoms with Gasteiger partial charge < -0.3 is 18.9 Å². The number of thiazole rings is 1. The van der Waals surface area contributed by atoms with Crippen molar-refractivity contribution >= 4 is 40.2 Å². The molecule has 2 aromatic heterocycles. The molecule has 0 radical (unpaired) electrons. The van der Waals surface area contributed by atoms with Crippen molar-refractivity contribution in [2.24, 2.45) is 4.99 Å². The van der Waals surface area contributed by atoms with Crippen LogP contribution in [0.3, 0.4) is 0 Å². The molecule has 4 heterocycles. The Balaban J connectivity index is 1.51. The zero-order chi connectivity index (χ0) is 30.8. The molecule has 2 aliphatic heterocycles. The van der Waals surface area contributed by atoms with Crippen molar-refractivity contribution in [2.45, 2.75) is 52.1 Å². The second-order valence-electron chi connectivity index (χ2n) is 11.0. The predicted molar refractivity (Wildman–Crippen MR) is 170 cm³/mol. The molecule has 4 aromatic rings. The van der Waals surface area contributed by atoms with Crippen LogP contribution in [0.25, 0.3) is 17.0 Å². The molecular formula is C34H36N4O5S. The zero-order valence-corrected chi connectivity index (χ0v) is 26.1. The number of carbonyl (C=O) groups is 2. The number of benzene rings is 2. The highest BCUT2D eigenvalue weighted by Crippen LogP contribution is 2.34. The Bertz CT molecular complexity index is 1940. The summed E-state index contributed by atoms with van der Waals surface area (Å²) in [5.41, 5.74) is 3.27. The predicted octanol–water partition coefficient (Wildman–Crippen LogP) is 4.16. The van der Waals surface area contributed by atoms with E-state index in [4.69, 9.17) is 14.5 Å². The summed E-state index contributed by atoms with van der Waals surface area (Å²) in [5, 5.41) is 0.954. The standard InChI is InChI=1S/C34H36N4O5S/c1-4-11-26-30(33(41)43-5-2)31(22-12-10-13-24(18-22)42-3)38-32(40)28(44-34(38)35-26)19-23-20-37(27-15-7-6-14-25(23)27)21-29(39)36-16-8-9-17-36/h6-7,10,12-15,18-20,31H,4-5,8-9,11,16-17,21H2,1-3H3/b28-19+/t31-/m1/s1. The van der Waals surface area contributed by atoms with E-state index in [2.05, 4.69) is 0 Å². The molecule has 0 spiro atoms. The van der Waals surface area contributed by atoms with E-state index in [1.165, 1.54) is 11.3 Å². The molecule has 0 saturated carbocycles. The summed E-state index contributed by atoms with van der Waals surface area (Å²) in [6.07, 6.45) is 7.24. The molecule has 0 unspecified atom stereocenters. The highest BCUT2D eigenvalue weighted by Gasteiger charge is 2.34. The van der Waals surface area contributed by atoms with Gasteiger partial charge in [0.15, 0.2) is 4.80 Å². The van der Waals surface area contributed by atoms with Crippen LogP contribution in [0.5, 0.6) is 5.75 Å². The minimum Gasteiger partial charge on any atom is -0.497 e. The van der Waals surface area contributed by atoms with Crippen molar-refractivity contribution in [3.05, 3.63) is 96.8 Å². The molecule has 0 aliphatic carbocycles. The third-order valence-electron chi connectivity index (χ3n) is 8.17. The number of allylic oxidation sites excluding steroid dienone is 1. The molecule has 44 heavy (non-hydrogen) atoms. The minimum atomic E-state index is -0.719. The average Bonchev–Trinajstić information content (AvgIpc) is 3.76. The van der Waals surface area contributed by atoms with Gasteiger partial charge in [-0.05, 0) is 56.0 Å². The van der Waals surface area contributed by atoms with Gasteiger partial charge in [-0.3, -0.25) is 14.2 Å². The molecule has 9 nitrogen and oxygen atoms in total. The van der Waals surface area contributed by atoms with Gasteiger partial charge in [0, 0.05) is 35.8 Å². The van der Waals surface area contributed by atoms with E-state index >= 15 is 0 Å². The Kier molecular flexibility index (Phi) is 8.52. The number of hydrogen-bond donors (Lipinski definition) is 0. The van der Waals surface area contributed by atoms with Crippen LogP contribution in [0.4, 0.5) is 0 Å². The fourth-order valence-corrected chi connectivity index (χ4v) is 7.13. The number of fused-ring (bicyclic) bond motifs is 2. The number of methoxy groups -OCH3 is 1. The summed E-state index contributed by atoms with van der Waals surface area (Å²) in [5.74, 6) is 0.244. The van der Waals surface area contributed by atoms with Crippen molar-refractivity contribution in [1.82, 2.24) is 14.0 Å². The summed E-state index contributed by atoms with van der Waals surface area (Å²) < 4.78 is 15.1. The maximum atomic E-state index is 14.2. The van der Waals surface area contributed by atoms with Crippen LogP contribution in [0.1, 0.15) is 56.7 Å². The van der Waals surface area contributed by atoms with Crippen LogP contribution in [0.2, 0.25) is 0 Å². The molecule has 1 atom stereocenters. The Hall–Kier alpha value is -4.44. The number of ether oxygens (including phenoxy) is 2. The van der Waals surface area contributed by atoms with E-state index in [-0.39, 0.29) is 24.6 Å². The van der Waals surface area contributed by atoms with Crippen LogP contribution in [-0.2, 0) is 20.9 Å². The number of carbonyl (C=O) groups excluding carboxylic acids is 2. The van der Waals surface area contributed by atoms with E-state index in [1.807, 2.05) is 77.2 Å². The minimum absolute atomic E-state index is 0.0995. The number of likely N-dealkylation sites (tertiary alicyclic amines) is 1. The third kappa shape index (κ3) is 5.50. The molecule has 228 valence electrons. The summed E-state index contributed by atoms with van der Waals surface area (Å²) >= 11 is 1.30. The van der Waals surface area contributed by atoms with Crippen molar-refractivity contribution in [3.63, 3.8) is 0 Å². The lowest BCUT2D eigenvalue weighted by Crippen LogP contribution is -2.40. The monoisotopic (exact) mass is 612 g/mol. The molecule has 1 saturated heterocycles. The third-order valence-corrected chi connectivity index (χ3v) is 9.16. The lowest BCUT2D eigenvalue weighted by Gasteiger charge is -2.26. The normalized spacial score (nSPS) is 16.8. The number of hydrogen-bond acceptors (Lipinski definition) is 7. The van der Waals surface area contributed by atoms with E-state index in [0.717, 1.165) is 54.4 Å². The Morgan fingerprint density at radius 1 is 1.09 bits per heavy atom. The SMILES string of the molecule is CCCC1=C(C(=O)OCC)[C@@H](c2cccc(OC)c2)n2c(s/c(=C/c3cn(CC(=O)N4CCCC4)c4ccccc34)c2=O)=N1. The number of rotatable bonds is 9. The van der Waals surface area contributed by atoms with Crippen molar-refractivity contribution in [3.8, 4) is 5.75 Å². The fraction of sp³-hybridized carbons (Fsp3) is 0.353. The second kappa shape index (κ2) is 12.7. The van der Waals surface area contributed by atoms with Crippen molar-refractivity contribution < 1.29 is 19.1 Å². The molecule has 6 rings (SSSR count). The number of aromatic nitrogens is 2. The van der Waals surface area contributed by atoms with E-state index in [1.54, 1.807) is 18.6 Å². The molecule has 2 aromatic carbocycles. The number of amides is 1. The molecular weight excluding hydrogens is 576 g/mol. The summed E-state index contributed by atoms with van der Waals surface area (Å²) in [7, 11) is 1.59. The first-order valence-corrected chi connectivity index (χ1v) is 16.0. The van der Waals surface area contributed by atoms with E-state index < -0.39 is 12.0 Å². The Morgan fingerprint density at radius 2 is 1.89 bits per heavy atom. The molecule has 2 aliphatic rings. The van der Waals surface area contributed by atoms with Crippen LogP contribution >= 0.6 is 11.3 Å². The molecule has 1 amide bonds. The van der Waals surface area contributed by atoms with Crippen molar-refractivity contribution in [1.29, 1.82) is 0 Å². The van der Waals surface area contributed by atoms with Gasteiger partial charge in [-0.1, -0.05) is 55.0 Å². The summed E-state index contributed by atoms with van der Waals surface area (Å²) in [6, 6.07) is 14.6. The van der Waals surface area contributed by atoms with Gasteiger partial charge in [0.2, 0.25) is 5.91 Å². The summed E-state index contributed by atoms with van der Waals surface area (Å²) in [4.78, 5) is 48.0. The lowest BCUT2D eigenvalue weighted by molar-refractivity contribution is -0.139. The smallest absolute Gasteiger partial charge is 0.338 e. The summed E-state index contributed by atoms with van der Waals surface area (Å²) in [6.45, 7) is 5.85. The van der Waals surface area contributed by atoms with Gasteiger partial charge in [-0.2, -0.15) is 0 Å². The van der Waals surface area contributed by atoms with E-state index in [9.17, 15) is 14.4 Å². The molecule has 1 fully saturated rings. The molecule has 0 bridgehead atoms. The van der Waals surface area contributed by atoms with Gasteiger partial charge in [0.05, 0.1) is 35.6 Å². The van der Waals surface area contributed by atoms with Crippen LogP contribution in [0.15, 0.2) is 75.8 Å². The van der Waals surface area contributed by atoms with Crippen LogP contribution < -0.4 is 19.6 Å². The first kappa shape index (κ1) is 29.6. The van der Waals surface area contributed by atoms with Gasteiger partial charge in [-0.15, -0.1) is 0 Å². The second-order valence-corrected chi connectivity index (χ2v) is 12.0. The lowest BCUT2D eigenvalue weighted by atomic mass is 9.94. The number of esters is 1. The maximum absolute atomic E-state index is 14.2.